The maximum absolute atomic E-state index is 12.2. The van der Waals surface area contributed by atoms with Gasteiger partial charge in [0.15, 0.2) is 0 Å². The first-order chi connectivity index (χ1) is 12.4. The molecular weight excluding hydrogens is 380 g/mol. The van der Waals surface area contributed by atoms with Gasteiger partial charge in [0.2, 0.25) is 15.9 Å². The van der Waals surface area contributed by atoms with Crippen LogP contribution in [0.1, 0.15) is 6.42 Å². The van der Waals surface area contributed by atoms with Crippen LogP contribution in [-0.2, 0) is 14.8 Å². The van der Waals surface area contributed by atoms with Gasteiger partial charge in [0.25, 0.3) is 0 Å². The number of hydrogen-bond acceptors (Lipinski definition) is 5. The molecule has 0 bridgehead atoms. The van der Waals surface area contributed by atoms with E-state index in [1.165, 1.54) is 26.4 Å². The molecule has 2 N–H and O–H groups in total. The fourth-order valence-corrected chi connectivity index (χ4v) is 3.33. The lowest BCUT2D eigenvalue weighted by Crippen LogP contribution is -2.27. The van der Waals surface area contributed by atoms with Gasteiger partial charge in [0.1, 0.15) is 11.5 Å². The van der Waals surface area contributed by atoms with E-state index in [0.717, 1.165) is 0 Å². The molecule has 0 saturated carbocycles. The molecule has 0 aliphatic carbocycles. The van der Waals surface area contributed by atoms with Gasteiger partial charge in [0, 0.05) is 18.0 Å². The van der Waals surface area contributed by atoms with Crippen LogP contribution >= 0.6 is 11.6 Å². The Bertz CT molecular complexity index is 869. The molecule has 1 amide bonds. The molecule has 9 heteroatoms. The fraction of sp³-hybridized carbons (Fsp3) is 0.235. The zero-order valence-electron chi connectivity index (χ0n) is 14.3. The standard InChI is InChI=1S/C17H19ClN2O5S/c1-24-13-4-6-14(7-5-13)26(22,23)19-10-9-17(21)20-15-11-12(18)3-8-16(15)25-2/h3-8,11,19H,9-10H2,1-2H3,(H,20,21). The Hall–Kier alpha value is -2.29. The van der Waals surface area contributed by atoms with Gasteiger partial charge >= 0.3 is 0 Å². The third-order valence-electron chi connectivity index (χ3n) is 3.45. The summed E-state index contributed by atoms with van der Waals surface area (Å²) in [5.74, 6) is 0.642. The van der Waals surface area contributed by atoms with Crippen LogP contribution in [0.3, 0.4) is 0 Å². The van der Waals surface area contributed by atoms with Crippen LogP contribution in [0.25, 0.3) is 0 Å². The second-order valence-electron chi connectivity index (χ2n) is 5.22. The summed E-state index contributed by atoms with van der Waals surface area (Å²) in [7, 11) is -0.735. The smallest absolute Gasteiger partial charge is 0.240 e. The van der Waals surface area contributed by atoms with Gasteiger partial charge in [-0.3, -0.25) is 4.79 Å². The average molecular weight is 399 g/mol. The van der Waals surface area contributed by atoms with Crippen LogP contribution in [0.15, 0.2) is 47.4 Å². The van der Waals surface area contributed by atoms with E-state index in [-0.39, 0.29) is 23.8 Å². The molecule has 0 unspecified atom stereocenters. The highest BCUT2D eigenvalue weighted by Gasteiger charge is 2.15. The van der Waals surface area contributed by atoms with E-state index >= 15 is 0 Å². The number of benzene rings is 2. The van der Waals surface area contributed by atoms with E-state index < -0.39 is 10.0 Å². The van der Waals surface area contributed by atoms with Gasteiger partial charge < -0.3 is 14.8 Å². The number of hydrogen-bond donors (Lipinski definition) is 2. The predicted octanol–water partition coefficient (Wildman–Crippen LogP) is 2.66. The molecule has 2 rings (SSSR count). The summed E-state index contributed by atoms with van der Waals surface area (Å²) in [5.41, 5.74) is 0.419. The zero-order chi connectivity index (χ0) is 19.2. The van der Waals surface area contributed by atoms with E-state index in [1.54, 1.807) is 30.3 Å². The van der Waals surface area contributed by atoms with Crippen molar-refractivity contribution < 1.29 is 22.7 Å². The highest BCUT2D eigenvalue weighted by molar-refractivity contribution is 7.89. The topological polar surface area (TPSA) is 93.7 Å². The number of carbonyl (C=O) groups excluding carboxylic acids is 1. The highest BCUT2D eigenvalue weighted by Crippen LogP contribution is 2.27. The molecule has 2 aromatic rings. The van der Waals surface area contributed by atoms with Crippen molar-refractivity contribution in [1.29, 1.82) is 0 Å². The van der Waals surface area contributed by atoms with E-state index in [0.29, 0.717) is 22.2 Å². The van der Waals surface area contributed by atoms with Crippen molar-refractivity contribution in [3.63, 3.8) is 0 Å². The Kier molecular flexibility index (Phi) is 6.84. The SMILES string of the molecule is COc1ccc(S(=O)(=O)NCCC(=O)Nc2cc(Cl)ccc2OC)cc1. The third kappa shape index (κ3) is 5.35. The van der Waals surface area contributed by atoms with Crippen LogP contribution in [0.4, 0.5) is 5.69 Å². The highest BCUT2D eigenvalue weighted by atomic mass is 35.5. The summed E-state index contributed by atoms with van der Waals surface area (Å²) in [6.07, 6.45) is -0.0505. The van der Waals surface area contributed by atoms with Crippen LogP contribution in [0.2, 0.25) is 5.02 Å². The molecule has 0 aromatic heterocycles. The molecule has 0 aliphatic rings. The van der Waals surface area contributed by atoms with Crippen molar-refractivity contribution in [1.82, 2.24) is 4.72 Å². The Morgan fingerprint density at radius 2 is 1.77 bits per heavy atom. The minimum atomic E-state index is -3.70. The summed E-state index contributed by atoms with van der Waals surface area (Å²) < 4.78 is 36.9. The number of halogens is 1. The van der Waals surface area contributed by atoms with Crippen LogP contribution < -0.4 is 19.5 Å². The Labute approximate surface area is 157 Å². The summed E-state index contributed by atoms with van der Waals surface area (Å²) >= 11 is 5.90. The summed E-state index contributed by atoms with van der Waals surface area (Å²) in [6.45, 7) is -0.0525. The van der Waals surface area contributed by atoms with E-state index in [1.807, 2.05) is 0 Å². The van der Waals surface area contributed by atoms with E-state index in [9.17, 15) is 13.2 Å². The van der Waals surface area contributed by atoms with Crippen molar-refractivity contribution in [3.05, 3.63) is 47.5 Å². The molecule has 26 heavy (non-hydrogen) atoms. The van der Waals surface area contributed by atoms with Gasteiger partial charge in [-0.2, -0.15) is 0 Å². The number of nitrogens with one attached hydrogen (secondary N) is 2. The lowest BCUT2D eigenvalue weighted by atomic mass is 10.2. The fourth-order valence-electron chi connectivity index (χ4n) is 2.13. The van der Waals surface area contributed by atoms with Crippen molar-refractivity contribution in [3.8, 4) is 11.5 Å². The Morgan fingerprint density at radius 3 is 2.38 bits per heavy atom. The van der Waals surface area contributed by atoms with Crippen LogP contribution in [0, 0.1) is 0 Å². The number of amides is 1. The maximum atomic E-state index is 12.2. The number of ether oxygens (including phenoxy) is 2. The second-order valence-corrected chi connectivity index (χ2v) is 7.42. The number of rotatable bonds is 8. The number of anilines is 1. The molecule has 0 fully saturated rings. The Balaban J connectivity index is 1.92. The van der Waals surface area contributed by atoms with Gasteiger partial charge in [-0.25, -0.2) is 13.1 Å². The normalized spacial score (nSPS) is 11.0. The molecule has 0 atom stereocenters. The van der Waals surface area contributed by atoms with E-state index in [2.05, 4.69) is 10.0 Å². The lowest BCUT2D eigenvalue weighted by Gasteiger charge is -2.11. The molecule has 0 saturated heterocycles. The largest absolute Gasteiger partial charge is 0.497 e. The Morgan fingerprint density at radius 1 is 1.08 bits per heavy atom. The number of sulfonamides is 1. The average Bonchev–Trinajstić information content (AvgIpc) is 2.62. The first-order valence-corrected chi connectivity index (χ1v) is 9.49. The van der Waals surface area contributed by atoms with Gasteiger partial charge in [0.05, 0.1) is 24.8 Å². The quantitative estimate of drug-likeness (QED) is 0.713. The van der Waals surface area contributed by atoms with Gasteiger partial charge in [-0.15, -0.1) is 0 Å². The molecular formula is C17H19ClN2O5S. The molecule has 0 spiro atoms. The van der Waals surface area contributed by atoms with Gasteiger partial charge in [-0.05, 0) is 42.5 Å². The molecule has 0 heterocycles. The zero-order valence-corrected chi connectivity index (χ0v) is 15.9. The first kappa shape index (κ1) is 20.0. The van der Waals surface area contributed by atoms with Gasteiger partial charge in [-0.1, -0.05) is 11.6 Å². The minimum absolute atomic E-state index is 0.0505. The monoisotopic (exact) mass is 398 g/mol. The minimum Gasteiger partial charge on any atom is -0.497 e. The third-order valence-corrected chi connectivity index (χ3v) is 5.16. The molecule has 140 valence electrons. The van der Waals surface area contributed by atoms with E-state index in [4.69, 9.17) is 21.1 Å². The van der Waals surface area contributed by atoms with Crippen LogP contribution in [-0.4, -0.2) is 35.1 Å². The lowest BCUT2D eigenvalue weighted by molar-refractivity contribution is -0.116. The van der Waals surface area contributed by atoms with Crippen molar-refractivity contribution in [2.45, 2.75) is 11.3 Å². The predicted molar refractivity (Wildman–Crippen MR) is 99.4 cm³/mol. The summed E-state index contributed by atoms with van der Waals surface area (Å²) in [4.78, 5) is 12.1. The molecule has 2 aromatic carbocycles. The number of methoxy groups -OCH3 is 2. The summed E-state index contributed by atoms with van der Waals surface area (Å²) in [6, 6.07) is 10.8. The molecule has 0 radical (unpaired) electrons. The van der Waals surface area contributed by atoms with Crippen molar-refractivity contribution in [2.24, 2.45) is 0 Å². The first-order valence-electron chi connectivity index (χ1n) is 7.63. The molecule has 7 nitrogen and oxygen atoms in total. The van der Waals surface area contributed by atoms with Crippen molar-refractivity contribution in [2.75, 3.05) is 26.1 Å². The maximum Gasteiger partial charge on any atom is 0.240 e. The number of carbonyl (C=O) groups is 1. The van der Waals surface area contributed by atoms with Crippen molar-refractivity contribution >= 4 is 33.2 Å². The van der Waals surface area contributed by atoms with Crippen LogP contribution in [0.5, 0.6) is 11.5 Å². The summed E-state index contributed by atoms with van der Waals surface area (Å²) in [5, 5.41) is 3.09. The molecule has 0 aliphatic heterocycles. The second kappa shape index (κ2) is 8.88.